The van der Waals surface area contributed by atoms with Gasteiger partial charge in [-0.15, -0.1) is 0 Å². The Balaban J connectivity index is 1.42. The number of hydrogen-bond acceptors (Lipinski definition) is 4. The first kappa shape index (κ1) is 23.5. The molecule has 0 saturated heterocycles. The highest BCUT2D eigenvalue weighted by Crippen LogP contribution is 2.16. The molecule has 0 fully saturated rings. The van der Waals surface area contributed by atoms with Crippen molar-refractivity contribution in [1.29, 1.82) is 0 Å². The number of rotatable bonds is 10. The van der Waals surface area contributed by atoms with Gasteiger partial charge in [0.1, 0.15) is 0 Å². The number of nitrogens with one attached hydrogen (secondary N) is 4. The van der Waals surface area contributed by atoms with Crippen molar-refractivity contribution in [3.63, 3.8) is 0 Å². The SMILES string of the molecule is CCC(=O)Nc1cccc(NC(=O)CNc2ccc(NC(=O)CCc3ccccc3)cc2)c1. The summed E-state index contributed by atoms with van der Waals surface area (Å²) < 4.78 is 0. The second kappa shape index (κ2) is 12.0. The van der Waals surface area contributed by atoms with E-state index in [4.69, 9.17) is 0 Å². The second-order valence-electron chi connectivity index (χ2n) is 7.50. The van der Waals surface area contributed by atoms with Gasteiger partial charge in [0.25, 0.3) is 0 Å². The zero-order chi connectivity index (χ0) is 23.5. The first-order chi connectivity index (χ1) is 16.0. The summed E-state index contributed by atoms with van der Waals surface area (Å²) in [4.78, 5) is 35.9. The quantitative estimate of drug-likeness (QED) is 0.366. The Morgan fingerprint density at radius 1 is 0.636 bits per heavy atom. The molecule has 170 valence electrons. The second-order valence-corrected chi connectivity index (χ2v) is 7.50. The van der Waals surface area contributed by atoms with Crippen LogP contribution in [-0.4, -0.2) is 24.3 Å². The van der Waals surface area contributed by atoms with Gasteiger partial charge in [0.2, 0.25) is 17.7 Å². The molecule has 0 spiro atoms. The summed E-state index contributed by atoms with van der Waals surface area (Å²) in [6.45, 7) is 1.85. The molecule has 0 unspecified atom stereocenters. The predicted molar refractivity (Wildman–Crippen MR) is 132 cm³/mol. The fourth-order valence-electron chi connectivity index (χ4n) is 3.11. The topological polar surface area (TPSA) is 99.3 Å². The molecule has 4 N–H and O–H groups in total. The maximum Gasteiger partial charge on any atom is 0.243 e. The molecule has 0 aliphatic heterocycles. The Labute approximate surface area is 193 Å². The van der Waals surface area contributed by atoms with Crippen molar-refractivity contribution >= 4 is 40.5 Å². The lowest BCUT2D eigenvalue weighted by Gasteiger charge is -2.10. The third-order valence-electron chi connectivity index (χ3n) is 4.86. The molecular formula is C26H28N4O3. The minimum atomic E-state index is -0.216. The Morgan fingerprint density at radius 3 is 1.91 bits per heavy atom. The lowest BCUT2D eigenvalue weighted by molar-refractivity contribution is -0.116. The molecule has 7 heteroatoms. The molecule has 0 bridgehead atoms. The maximum atomic E-state index is 12.3. The smallest absolute Gasteiger partial charge is 0.243 e. The average molecular weight is 445 g/mol. The molecule has 0 aliphatic rings. The van der Waals surface area contributed by atoms with Gasteiger partial charge < -0.3 is 21.3 Å². The van der Waals surface area contributed by atoms with Gasteiger partial charge in [-0.3, -0.25) is 14.4 Å². The molecule has 3 aromatic carbocycles. The van der Waals surface area contributed by atoms with Crippen molar-refractivity contribution in [3.05, 3.63) is 84.4 Å². The lowest BCUT2D eigenvalue weighted by atomic mass is 10.1. The van der Waals surface area contributed by atoms with Crippen LogP contribution in [0.25, 0.3) is 0 Å². The molecular weight excluding hydrogens is 416 g/mol. The van der Waals surface area contributed by atoms with Crippen LogP contribution in [0.5, 0.6) is 0 Å². The van der Waals surface area contributed by atoms with Crippen molar-refractivity contribution in [2.75, 3.05) is 27.8 Å². The maximum absolute atomic E-state index is 12.3. The van der Waals surface area contributed by atoms with E-state index >= 15 is 0 Å². The summed E-state index contributed by atoms with van der Waals surface area (Å²) in [5.74, 6) is -0.348. The van der Waals surface area contributed by atoms with E-state index in [0.717, 1.165) is 11.3 Å². The first-order valence-corrected chi connectivity index (χ1v) is 10.9. The molecule has 3 aromatic rings. The van der Waals surface area contributed by atoms with E-state index < -0.39 is 0 Å². The highest BCUT2D eigenvalue weighted by atomic mass is 16.2. The van der Waals surface area contributed by atoms with Gasteiger partial charge >= 0.3 is 0 Å². The minimum absolute atomic E-state index is 0.0451. The third kappa shape index (κ3) is 8.14. The van der Waals surface area contributed by atoms with Gasteiger partial charge in [-0.25, -0.2) is 0 Å². The van der Waals surface area contributed by atoms with Crippen molar-refractivity contribution in [3.8, 4) is 0 Å². The first-order valence-electron chi connectivity index (χ1n) is 10.9. The van der Waals surface area contributed by atoms with Crippen LogP contribution in [0.3, 0.4) is 0 Å². The number of aryl methyl sites for hydroxylation is 1. The summed E-state index contributed by atoms with van der Waals surface area (Å²) >= 11 is 0. The molecule has 0 aliphatic carbocycles. The summed E-state index contributed by atoms with van der Waals surface area (Å²) in [6.07, 6.45) is 1.49. The molecule has 33 heavy (non-hydrogen) atoms. The Bertz CT molecular complexity index is 1080. The summed E-state index contributed by atoms with van der Waals surface area (Å²) in [7, 11) is 0. The van der Waals surface area contributed by atoms with E-state index in [1.165, 1.54) is 0 Å². The summed E-state index contributed by atoms with van der Waals surface area (Å²) in [6, 6.07) is 24.1. The van der Waals surface area contributed by atoms with Gasteiger partial charge in [-0.1, -0.05) is 43.3 Å². The third-order valence-corrected chi connectivity index (χ3v) is 4.86. The van der Waals surface area contributed by atoms with Crippen LogP contribution in [0.4, 0.5) is 22.7 Å². The van der Waals surface area contributed by atoms with Gasteiger partial charge in [0, 0.05) is 35.6 Å². The highest BCUT2D eigenvalue weighted by molar-refractivity contribution is 5.96. The van der Waals surface area contributed by atoms with E-state index in [1.807, 2.05) is 30.3 Å². The summed E-state index contributed by atoms with van der Waals surface area (Å²) in [5, 5.41) is 11.5. The number of carbonyl (C=O) groups is 3. The summed E-state index contributed by atoms with van der Waals surface area (Å²) in [5.41, 5.74) is 3.83. The number of hydrogen-bond donors (Lipinski definition) is 4. The number of benzene rings is 3. The Morgan fingerprint density at radius 2 is 1.24 bits per heavy atom. The van der Waals surface area contributed by atoms with Crippen molar-refractivity contribution in [1.82, 2.24) is 0 Å². The van der Waals surface area contributed by atoms with Gasteiger partial charge in [-0.05, 0) is 54.4 Å². The van der Waals surface area contributed by atoms with E-state index in [1.54, 1.807) is 55.5 Å². The molecule has 7 nitrogen and oxygen atoms in total. The molecule has 0 atom stereocenters. The standard InChI is InChI=1S/C26H28N4O3/c1-2-24(31)29-22-9-6-10-23(17-22)30-26(33)18-27-20-12-14-21(15-13-20)28-25(32)16-11-19-7-4-3-5-8-19/h3-10,12-15,17,27H,2,11,16,18H2,1H3,(H,28,32)(H,29,31)(H,30,33). The zero-order valence-electron chi connectivity index (χ0n) is 18.6. The van der Waals surface area contributed by atoms with Crippen LogP contribution in [0.2, 0.25) is 0 Å². The van der Waals surface area contributed by atoms with Gasteiger partial charge in [-0.2, -0.15) is 0 Å². The average Bonchev–Trinajstić information content (AvgIpc) is 2.83. The van der Waals surface area contributed by atoms with Crippen LogP contribution < -0.4 is 21.3 Å². The molecule has 0 radical (unpaired) electrons. The van der Waals surface area contributed by atoms with Crippen molar-refractivity contribution < 1.29 is 14.4 Å². The van der Waals surface area contributed by atoms with Gasteiger partial charge in [0.15, 0.2) is 0 Å². The van der Waals surface area contributed by atoms with Crippen LogP contribution in [0.15, 0.2) is 78.9 Å². The fraction of sp³-hybridized carbons (Fsp3) is 0.192. The Hall–Kier alpha value is -4.13. The fourth-order valence-corrected chi connectivity index (χ4v) is 3.11. The lowest BCUT2D eigenvalue weighted by Crippen LogP contribution is -2.21. The predicted octanol–water partition coefficient (Wildman–Crippen LogP) is 4.66. The van der Waals surface area contributed by atoms with E-state index in [9.17, 15) is 14.4 Å². The number of amides is 3. The number of anilines is 4. The van der Waals surface area contributed by atoms with Crippen LogP contribution in [-0.2, 0) is 20.8 Å². The van der Waals surface area contributed by atoms with Crippen LogP contribution >= 0.6 is 0 Å². The molecule has 0 aromatic heterocycles. The molecule has 0 heterocycles. The van der Waals surface area contributed by atoms with E-state index in [-0.39, 0.29) is 24.3 Å². The van der Waals surface area contributed by atoms with Gasteiger partial charge in [0.05, 0.1) is 6.54 Å². The minimum Gasteiger partial charge on any atom is -0.376 e. The van der Waals surface area contributed by atoms with Crippen molar-refractivity contribution in [2.24, 2.45) is 0 Å². The Kier molecular flexibility index (Phi) is 8.59. The molecule has 0 saturated carbocycles. The van der Waals surface area contributed by atoms with E-state index in [2.05, 4.69) is 21.3 Å². The largest absolute Gasteiger partial charge is 0.376 e. The molecule has 3 rings (SSSR count). The molecule has 3 amide bonds. The van der Waals surface area contributed by atoms with Crippen LogP contribution in [0.1, 0.15) is 25.3 Å². The zero-order valence-corrected chi connectivity index (χ0v) is 18.6. The van der Waals surface area contributed by atoms with Crippen molar-refractivity contribution in [2.45, 2.75) is 26.2 Å². The monoisotopic (exact) mass is 444 g/mol. The normalized spacial score (nSPS) is 10.2. The van der Waals surface area contributed by atoms with Crippen LogP contribution in [0, 0.1) is 0 Å². The highest BCUT2D eigenvalue weighted by Gasteiger charge is 2.06. The van der Waals surface area contributed by atoms with E-state index in [0.29, 0.717) is 36.3 Å². The number of carbonyl (C=O) groups excluding carboxylic acids is 3.